The summed E-state index contributed by atoms with van der Waals surface area (Å²) >= 11 is 0. The Morgan fingerprint density at radius 1 is 1.88 bits per heavy atom. The van der Waals surface area contributed by atoms with Gasteiger partial charge in [0.2, 0.25) is 0 Å². The molecule has 0 aromatic rings. The molecular formula is C5H10O3. The van der Waals surface area contributed by atoms with E-state index in [1.807, 2.05) is 0 Å². The van der Waals surface area contributed by atoms with Gasteiger partial charge >= 0.3 is 0 Å². The van der Waals surface area contributed by atoms with Gasteiger partial charge in [0.05, 0.1) is 13.2 Å². The first-order chi connectivity index (χ1) is 3.69. The van der Waals surface area contributed by atoms with E-state index in [4.69, 9.17) is 14.9 Å². The molecule has 1 heterocycles. The number of epoxide rings is 1. The molecule has 3 heteroatoms. The quantitative estimate of drug-likeness (QED) is 0.463. The molecule has 0 radical (unpaired) electrons. The van der Waals surface area contributed by atoms with Crippen molar-refractivity contribution < 1.29 is 14.9 Å². The van der Waals surface area contributed by atoms with E-state index < -0.39 is 11.7 Å². The van der Waals surface area contributed by atoms with E-state index in [-0.39, 0.29) is 6.61 Å². The minimum atomic E-state index is -0.706. The van der Waals surface area contributed by atoms with Crippen molar-refractivity contribution >= 4 is 0 Å². The number of aliphatic hydroxyl groups excluding tert-OH is 2. The fourth-order valence-electron chi connectivity index (χ4n) is 0.499. The van der Waals surface area contributed by atoms with Crippen molar-refractivity contribution in [3.05, 3.63) is 0 Å². The molecule has 2 atom stereocenters. The number of aliphatic hydroxyl groups is 2. The van der Waals surface area contributed by atoms with Crippen molar-refractivity contribution in [3.63, 3.8) is 0 Å². The maximum atomic E-state index is 8.88. The van der Waals surface area contributed by atoms with Gasteiger partial charge in [0.15, 0.2) is 0 Å². The molecule has 8 heavy (non-hydrogen) atoms. The lowest BCUT2D eigenvalue weighted by molar-refractivity contribution is 0.0338. The van der Waals surface area contributed by atoms with E-state index in [1.54, 1.807) is 6.92 Å². The summed E-state index contributed by atoms with van der Waals surface area (Å²) in [6.45, 7) is 2.12. The third kappa shape index (κ3) is 0.844. The molecule has 1 aliphatic heterocycles. The van der Waals surface area contributed by atoms with Crippen molar-refractivity contribution in [2.75, 3.05) is 13.2 Å². The first-order valence-electron chi connectivity index (χ1n) is 2.62. The average Bonchev–Trinajstić information content (AvgIpc) is 2.47. The van der Waals surface area contributed by atoms with Crippen LogP contribution >= 0.6 is 0 Å². The summed E-state index contributed by atoms with van der Waals surface area (Å²) < 4.78 is 4.84. The van der Waals surface area contributed by atoms with Crippen LogP contribution in [0.3, 0.4) is 0 Å². The van der Waals surface area contributed by atoms with Gasteiger partial charge in [-0.1, -0.05) is 0 Å². The fraction of sp³-hybridized carbons (Fsp3) is 1.00. The summed E-state index contributed by atoms with van der Waals surface area (Å²) in [5, 5.41) is 17.3. The highest BCUT2D eigenvalue weighted by Gasteiger charge is 2.45. The lowest BCUT2D eigenvalue weighted by Crippen LogP contribution is -2.29. The lowest BCUT2D eigenvalue weighted by atomic mass is 10.1. The van der Waals surface area contributed by atoms with Crippen molar-refractivity contribution in [1.82, 2.24) is 0 Å². The third-order valence-electron chi connectivity index (χ3n) is 1.48. The molecule has 3 nitrogen and oxygen atoms in total. The Morgan fingerprint density at radius 3 is 2.50 bits per heavy atom. The maximum Gasteiger partial charge on any atom is 0.117 e. The summed E-state index contributed by atoms with van der Waals surface area (Å²) in [4.78, 5) is 0. The van der Waals surface area contributed by atoms with Gasteiger partial charge < -0.3 is 14.9 Å². The number of hydrogen-bond acceptors (Lipinski definition) is 3. The van der Waals surface area contributed by atoms with Gasteiger partial charge in [0.1, 0.15) is 11.7 Å². The van der Waals surface area contributed by atoms with E-state index in [9.17, 15) is 0 Å². The summed E-state index contributed by atoms with van der Waals surface area (Å²) in [5.74, 6) is 0. The van der Waals surface area contributed by atoms with Crippen LogP contribution in [0.4, 0.5) is 0 Å². The van der Waals surface area contributed by atoms with Gasteiger partial charge in [-0.05, 0) is 6.92 Å². The van der Waals surface area contributed by atoms with Gasteiger partial charge in [-0.2, -0.15) is 0 Å². The summed E-state index contributed by atoms with van der Waals surface area (Å²) in [6, 6.07) is 0. The third-order valence-corrected chi connectivity index (χ3v) is 1.48. The standard InChI is InChI=1S/C5H10O3/c1-5(3-8-5)4(7)2-6/h4,6-7H,2-3H2,1H3/t4-,5-/m1/s1. The average molecular weight is 118 g/mol. The van der Waals surface area contributed by atoms with Crippen LogP contribution in [0.15, 0.2) is 0 Å². The second-order valence-electron chi connectivity index (χ2n) is 2.30. The molecule has 0 aromatic heterocycles. The first-order valence-corrected chi connectivity index (χ1v) is 2.62. The van der Waals surface area contributed by atoms with E-state index in [0.29, 0.717) is 6.61 Å². The second kappa shape index (κ2) is 1.69. The largest absolute Gasteiger partial charge is 0.394 e. The predicted octanol–water partition coefficient (Wildman–Crippen LogP) is -0.872. The van der Waals surface area contributed by atoms with Crippen LogP contribution in [-0.2, 0) is 4.74 Å². The minimum absolute atomic E-state index is 0.212. The van der Waals surface area contributed by atoms with Crippen LogP contribution < -0.4 is 0 Å². The number of hydrogen-bond donors (Lipinski definition) is 2. The molecule has 0 amide bonds. The first kappa shape index (κ1) is 6.01. The Bertz CT molecular complexity index is 87.7. The van der Waals surface area contributed by atoms with Gasteiger partial charge in [0.25, 0.3) is 0 Å². The Morgan fingerprint density at radius 2 is 2.38 bits per heavy atom. The summed E-state index contributed by atoms with van der Waals surface area (Å²) in [7, 11) is 0. The molecule has 0 saturated carbocycles. The molecule has 0 unspecified atom stereocenters. The van der Waals surface area contributed by atoms with E-state index in [0.717, 1.165) is 0 Å². The van der Waals surface area contributed by atoms with Gasteiger partial charge in [-0.15, -0.1) is 0 Å². The van der Waals surface area contributed by atoms with Gasteiger partial charge in [-0.3, -0.25) is 0 Å². The zero-order valence-corrected chi connectivity index (χ0v) is 4.79. The molecule has 0 bridgehead atoms. The van der Waals surface area contributed by atoms with Crippen molar-refractivity contribution in [2.45, 2.75) is 18.6 Å². The van der Waals surface area contributed by atoms with Crippen LogP contribution in [0.1, 0.15) is 6.92 Å². The Labute approximate surface area is 47.9 Å². The summed E-state index contributed by atoms with van der Waals surface area (Å²) in [5.41, 5.74) is -0.436. The topological polar surface area (TPSA) is 53.0 Å². The SMILES string of the molecule is C[C@]1([C@H](O)CO)CO1. The van der Waals surface area contributed by atoms with E-state index in [2.05, 4.69) is 0 Å². The molecule has 0 aliphatic carbocycles. The Hall–Kier alpha value is -0.120. The minimum Gasteiger partial charge on any atom is -0.394 e. The predicted molar refractivity (Wildman–Crippen MR) is 27.4 cm³/mol. The molecule has 1 saturated heterocycles. The molecule has 2 N–H and O–H groups in total. The van der Waals surface area contributed by atoms with Crippen molar-refractivity contribution in [3.8, 4) is 0 Å². The fourth-order valence-corrected chi connectivity index (χ4v) is 0.499. The highest BCUT2D eigenvalue weighted by atomic mass is 16.6. The van der Waals surface area contributed by atoms with Crippen LogP contribution in [-0.4, -0.2) is 35.1 Å². The summed E-state index contributed by atoms with van der Waals surface area (Å²) in [6.07, 6.45) is -0.706. The zero-order chi connectivity index (χ0) is 6.20. The Kier molecular flexibility index (Phi) is 1.27. The van der Waals surface area contributed by atoms with Crippen LogP contribution in [0.5, 0.6) is 0 Å². The number of ether oxygens (including phenoxy) is 1. The van der Waals surface area contributed by atoms with Crippen LogP contribution in [0, 0.1) is 0 Å². The Balaban J connectivity index is 2.34. The maximum absolute atomic E-state index is 8.88. The van der Waals surface area contributed by atoms with Crippen molar-refractivity contribution in [2.24, 2.45) is 0 Å². The highest BCUT2D eigenvalue weighted by molar-refractivity contribution is 4.93. The lowest BCUT2D eigenvalue weighted by Gasteiger charge is -2.09. The van der Waals surface area contributed by atoms with E-state index in [1.165, 1.54) is 0 Å². The normalized spacial score (nSPS) is 39.4. The van der Waals surface area contributed by atoms with Gasteiger partial charge in [0, 0.05) is 0 Å². The molecule has 0 spiro atoms. The monoisotopic (exact) mass is 118 g/mol. The molecular weight excluding hydrogens is 108 g/mol. The van der Waals surface area contributed by atoms with Gasteiger partial charge in [-0.25, -0.2) is 0 Å². The van der Waals surface area contributed by atoms with E-state index >= 15 is 0 Å². The molecule has 1 rings (SSSR count). The molecule has 48 valence electrons. The molecule has 1 aliphatic rings. The smallest absolute Gasteiger partial charge is 0.117 e. The highest BCUT2D eigenvalue weighted by Crippen LogP contribution is 2.29. The van der Waals surface area contributed by atoms with Crippen LogP contribution in [0.25, 0.3) is 0 Å². The molecule has 1 fully saturated rings. The van der Waals surface area contributed by atoms with Crippen LogP contribution in [0.2, 0.25) is 0 Å². The van der Waals surface area contributed by atoms with Crippen molar-refractivity contribution in [1.29, 1.82) is 0 Å². The zero-order valence-electron chi connectivity index (χ0n) is 4.79. The number of rotatable bonds is 2. The second-order valence-corrected chi connectivity index (χ2v) is 2.30. The molecule has 0 aromatic carbocycles.